The van der Waals surface area contributed by atoms with E-state index in [1.165, 1.54) is 30.2 Å². The Morgan fingerprint density at radius 3 is 2.53 bits per heavy atom. The first-order chi connectivity index (χ1) is 18.3. The van der Waals surface area contributed by atoms with E-state index in [1.54, 1.807) is 0 Å². The Labute approximate surface area is 219 Å². The molecular formula is C28H31F3N2O5. The van der Waals surface area contributed by atoms with Gasteiger partial charge in [0.2, 0.25) is 5.82 Å². The van der Waals surface area contributed by atoms with Crippen molar-refractivity contribution >= 4 is 11.8 Å². The Kier molecular flexibility index (Phi) is 7.15. The molecule has 1 aliphatic heterocycles. The molecule has 1 heterocycles. The molecule has 7 nitrogen and oxygen atoms in total. The number of nitrogens with zero attached hydrogens (tertiary/aromatic N) is 1. The topological polar surface area (TPSA) is 77.1 Å². The fourth-order valence-electron chi connectivity index (χ4n) is 5.71. The molecule has 2 amide bonds. The van der Waals surface area contributed by atoms with Gasteiger partial charge in [-0.15, -0.1) is 0 Å². The fourth-order valence-corrected chi connectivity index (χ4v) is 5.71. The van der Waals surface area contributed by atoms with Gasteiger partial charge in [0.15, 0.2) is 28.9 Å². The normalized spacial score (nSPS) is 22.2. The number of carbonyl (C=O) groups is 2. The summed E-state index contributed by atoms with van der Waals surface area (Å²) in [5.41, 5.74) is -0.536. The molecule has 2 aliphatic carbocycles. The quantitative estimate of drug-likeness (QED) is 0.512. The van der Waals surface area contributed by atoms with Crippen LogP contribution in [0.25, 0.3) is 0 Å². The Morgan fingerprint density at radius 1 is 1.05 bits per heavy atom. The molecule has 0 bridgehead atoms. The minimum atomic E-state index is -1.08. The molecule has 0 radical (unpaired) electrons. The molecule has 10 heteroatoms. The second-order valence-corrected chi connectivity index (χ2v) is 10.5. The molecule has 3 aliphatic rings. The summed E-state index contributed by atoms with van der Waals surface area (Å²) in [6.45, 7) is 1.46. The molecule has 5 rings (SSSR count). The molecule has 0 spiro atoms. The van der Waals surface area contributed by atoms with Crippen LogP contribution in [0.5, 0.6) is 17.2 Å². The van der Waals surface area contributed by atoms with Gasteiger partial charge < -0.3 is 24.4 Å². The highest BCUT2D eigenvalue weighted by molar-refractivity contribution is 5.96. The average Bonchev–Trinajstić information content (AvgIpc) is 3.55. The van der Waals surface area contributed by atoms with Crippen LogP contribution in [0.2, 0.25) is 0 Å². The van der Waals surface area contributed by atoms with E-state index >= 15 is 0 Å². The Balaban J connectivity index is 1.27. The largest absolute Gasteiger partial charge is 0.494 e. The van der Waals surface area contributed by atoms with Crippen LogP contribution in [0.4, 0.5) is 13.2 Å². The highest BCUT2D eigenvalue weighted by atomic mass is 19.1. The molecule has 2 saturated carbocycles. The summed E-state index contributed by atoms with van der Waals surface area (Å²) < 4.78 is 59.1. The summed E-state index contributed by atoms with van der Waals surface area (Å²) in [6.07, 6.45) is 4.77. The second kappa shape index (κ2) is 10.4. The van der Waals surface area contributed by atoms with E-state index in [9.17, 15) is 22.8 Å². The van der Waals surface area contributed by atoms with E-state index in [0.717, 1.165) is 45.3 Å². The number of rotatable bonds is 9. The number of carbonyl (C=O) groups excluding carboxylic acids is 2. The zero-order valence-corrected chi connectivity index (χ0v) is 21.5. The lowest BCUT2D eigenvalue weighted by Crippen LogP contribution is -2.41. The van der Waals surface area contributed by atoms with Gasteiger partial charge in [0.1, 0.15) is 0 Å². The number of hydrogen-bond acceptors (Lipinski definition) is 5. The van der Waals surface area contributed by atoms with E-state index in [2.05, 4.69) is 5.32 Å². The summed E-state index contributed by atoms with van der Waals surface area (Å²) in [7, 11) is 2.34. The third kappa shape index (κ3) is 4.88. The molecule has 1 N–H and O–H groups in total. The molecule has 0 aromatic heterocycles. The summed E-state index contributed by atoms with van der Waals surface area (Å²) in [5, 5.41) is 2.92. The first-order valence-electron chi connectivity index (χ1n) is 12.9. The van der Waals surface area contributed by atoms with Crippen molar-refractivity contribution in [2.45, 2.75) is 32.1 Å². The first kappa shape index (κ1) is 26.2. The number of halogens is 3. The fraction of sp³-hybridized carbons (Fsp3) is 0.500. The van der Waals surface area contributed by atoms with Gasteiger partial charge >= 0.3 is 0 Å². The van der Waals surface area contributed by atoms with Crippen LogP contribution in [-0.4, -0.2) is 57.2 Å². The molecule has 3 fully saturated rings. The lowest BCUT2D eigenvalue weighted by Gasteiger charge is -2.29. The van der Waals surface area contributed by atoms with Gasteiger partial charge in [-0.05, 0) is 61.8 Å². The van der Waals surface area contributed by atoms with Gasteiger partial charge in [0.05, 0.1) is 26.4 Å². The monoisotopic (exact) mass is 532 g/mol. The number of methoxy groups -OCH3 is 2. The summed E-state index contributed by atoms with van der Waals surface area (Å²) >= 11 is 0. The lowest BCUT2D eigenvalue weighted by molar-refractivity contribution is 0.0761. The Morgan fingerprint density at radius 2 is 1.84 bits per heavy atom. The minimum absolute atomic E-state index is 0.106. The third-order valence-corrected chi connectivity index (χ3v) is 8.07. The average molecular weight is 533 g/mol. The summed E-state index contributed by atoms with van der Waals surface area (Å²) in [4.78, 5) is 27.7. The van der Waals surface area contributed by atoms with Gasteiger partial charge in [-0.3, -0.25) is 9.59 Å². The van der Waals surface area contributed by atoms with Crippen LogP contribution < -0.4 is 19.5 Å². The summed E-state index contributed by atoms with van der Waals surface area (Å²) in [6, 6.07) is 5.22. The van der Waals surface area contributed by atoms with Crippen molar-refractivity contribution in [2.75, 3.05) is 40.5 Å². The number of fused-ring (bicyclic) bond motifs is 1. The molecule has 38 heavy (non-hydrogen) atoms. The standard InChI is InChI=1S/C28H31F3N2O5/c1-36-22-11-19(23(30)25(37-2)24(22)31)27(35)33-12-18-4-3-9-28(18,15-33)14-32-26(34)17-7-8-21(20(29)10-17)38-13-16-5-6-16/h7-8,10-11,16,18H,3-6,9,12-15H2,1-2H3,(H,32,34)/t18-,28-/m0/s1. The van der Waals surface area contributed by atoms with Gasteiger partial charge in [-0.2, -0.15) is 4.39 Å². The predicted molar refractivity (Wildman–Crippen MR) is 132 cm³/mol. The number of amides is 2. The van der Waals surface area contributed by atoms with Gasteiger partial charge in [-0.1, -0.05) is 6.42 Å². The molecule has 1 saturated heterocycles. The number of ether oxygens (including phenoxy) is 3. The molecule has 2 atom stereocenters. The summed E-state index contributed by atoms with van der Waals surface area (Å²) in [5.74, 6) is -3.93. The molecule has 2 aromatic carbocycles. The van der Waals surface area contributed by atoms with Crippen LogP contribution in [-0.2, 0) is 0 Å². The van der Waals surface area contributed by atoms with Gasteiger partial charge in [-0.25, -0.2) is 8.78 Å². The smallest absolute Gasteiger partial charge is 0.257 e. The predicted octanol–water partition coefficient (Wildman–Crippen LogP) is 4.58. The third-order valence-electron chi connectivity index (χ3n) is 8.07. The van der Waals surface area contributed by atoms with Crippen LogP contribution >= 0.6 is 0 Å². The maximum absolute atomic E-state index is 15.0. The maximum atomic E-state index is 15.0. The van der Waals surface area contributed by atoms with Crippen molar-refractivity contribution in [3.63, 3.8) is 0 Å². The van der Waals surface area contributed by atoms with Crippen molar-refractivity contribution in [1.82, 2.24) is 10.2 Å². The van der Waals surface area contributed by atoms with Crippen molar-refractivity contribution in [3.05, 3.63) is 52.8 Å². The van der Waals surface area contributed by atoms with Crippen LogP contribution in [0.1, 0.15) is 52.8 Å². The molecule has 204 valence electrons. The zero-order chi connectivity index (χ0) is 27.0. The van der Waals surface area contributed by atoms with Crippen LogP contribution in [0, 0.1) is 34.7 Å². The number of nitrogens with one attached hydrogen (secondary N) is 1. The Bertz CT molecular complexity index is 1250. The van der Waals surface area contributed by atoms with Crippen molar-refractivity contribution < 1.29 is 37.0 Å². The van der Waals surface area contributed by atoms with Crippen molar-refractivity contribution in [2.24, 2.45) is 17.3 Å². The minimum Gasteiger partial charge on any atom is -0.494 e. The van der Waals surface area contributed by atoms with E-state index in [0.29, 0.717) is 32.2 Å². The van der Waals surface area contributed by atoms with E-state index in [-0.39, 0.29) is 34.0 Å². The Hall–Kier alpha value is -3.43. The highest BCUT2D eigenvalue weighted by Crippen LogP contribution is 2.49. The number of benzene rings is 2. The van der Waals surface area contributed by atoms with E-state index in [4.69, 9.17) is 14.2 Å². The van der Waals surface area contributed by atoms with Gasteiger partial charge in [0.25, 0.3) is 11.8 Å². The van der Waals surface area contributed by atoms with Crippen LogP contribution in [0.3, 0.4) is 0 Å². The van der Waals surface area contributed by atoms with E-state index in [1.807, 2.05) is 0 Å². The SMILES string of the molecule is COc1cc(C(=O)N2C[C@@H]3CCC[C@]3(CNC(=O)c3ccc(OCC4CC4)c(F)c3)C2)c(F)c(OC)c1F. The number of likely N-dealkylation sites (tertiary alicyclic amines) is 1. The molecule has 2 aromatic rings. The number of hydrogen-bond donors (Lipinski definition) is 1. The van der Waals surface area contributed by atoms with E-state index < -0.39 is 35.0 Å². The maximum Gasteiger partial charge on any atom is 0.257 e. The highest BCUT2D eigenvalue weighted by Gasteiger charge is 2.51. The van der Waals surface area contributed by atoms with Crippen molar-refractivity contribution in [3.8, 4) is 17.2 Å². The first-order valence-corrected chi connectivity index (χ1v) is 12.9. The molecule has 0 unspecified atom stereocenters. The van der Waals surface area contributed by atoms with Gasteiger partial charge in [0, 0.05) is 30.6 Å². The van der Waals surface area contributed by atoms with Crippen LogP contribution in [0.15, 0.2) is 24.3 Å². The zero-order valence-electron chi connectivity index (χ0n) is 21.5. The van der Waals surface area contributed by atoms with Crippen molar-refractivity contribution in [1.29, 1.82) is 0 Å². The lowest BCUT2D eigenvalue weighted by atomic mass is 9.80. The second-order valence-electron chi connectivity index (χ2n) is 10.5. The molecular weight excluding hydrogens is 501 g/mol.